The predicted octanol–water partition coefficient (Wildman–Crippen LogP) is 2.44. The van der Waals surface area contributed by atoms with Gasteiger partial charge >= 0.3 is 6.36 Å². The van der Waals surface area contributed by atoms with E-state index in [1.54, 1.807) is 12.1 Å². The number of sulfonamides is 1. The maximum atomic E-state index is 12.7. The number of phenols is 1. The van der Waals surface area contributed by atoms with Gasteiger partial charge < -0.3 is 14.7 Å². The van der Waals surface area contributed by atoms with Gasteiger partial charge in [-0.3, -0.25) is 4.79 Å². The number of nitrogens with zero attached hydrogens (tertiary/aromatic N) is 2. The van der Waals surface area contributed by atoms with E-state index >= 15 is 0 Å². The second-order valence-corrected chi connectivity index (χ2v) is 8.17. The van der Waals surface area contributed by atoms with Crippen molar-refractivity contribution in [3.63, 3.8) is 0 Å². The molecule has 1 aliphatic rings. The molecule has 1 heterocycles. The van der Waals surface area contributed by atoms with E-state index in [1.807, 2.05) is 0 Å². The molecule has 1 fully saturated rings. The van der Waals surface area contributed by atoms with Gasteiger partial charge in [0.15, 0.2) is 0 Å². The molecular formula is C18H17F3N2O5S. The van der Waals surface area contributed by atoms with Crippen molar-refractivity contribution in [2.75, 3.05) is 26.2 Å². The Bertz CT molecular complexity index is 985. The molecule has 0 aromatic heterocycles. The van der Waals surface area contributed by atoms with E-state index in [0.29, 0.717) is 0 Å². The molecule has 0 aliphatic carbocycles. The largest absolute Gasteiger partial charge is 0.573 e. The normalized spacial score (nSPS) is 15.9. The van der Waals surface area contributed by atoms with Gasteiger partial charge in [0.2, 0.25) is 10.0 Å². The van der Waals surface area contributed by atoms with Crippen LogP contribution in [-0.2, 0) is 10.0 Å². The number of ether oxygens (including phenoxy) is 1. The summed E-state index contributed by atoms with van der Waals surface area (Å²) in [5, 5.41) is 9.80. The quantitative estimate of drug-likeness (QED) is 0.805. The molecule has 3 rings (SSSR count). The Morgan fingerprint density at radius 3 is 2.10 bits per heavy atom. The molecule has 0 radical (unpaired) electrons. The van der Waals surface area contributed by atoms with E-state index in [-0.39, 0.29) is 42.4 Å². The maximum absolute atomic E-state index is 12.7. The molecule has 0 atom stereocenters. The zero-order valence-corrected chi connectivity index (χ0v) is 15.8. The van der Waals surface area contributed by atoms with Crippen LogP contribution >= 0.6 is 0 Å². The highest BCUT2D eigenvalue weighted by atomic mass is 32.2. The minimum absolute atomic E-state index is 0.0163. The molecule has 0 saturated carbocycles. The van der Waals surface area contributed by atoms with Gasteiger partial charge in [-0.1, -0.05) is 12.1 Å². The van der Waals surface area contributed by atoms with Crippen LogP contribution in [0.3, 0.4) is 0 Å². The van der Waals surface area contributed by atoms with Crippen molar-refractivity contribution >= 4 is 15.9 Å². The highest BCUT2D eigenvalue weighted by Gasteiger charge is 2.33. The lowest BCUT2D eigenvalue weighted by Gasteiger charge is -2.34. The maximum Gasteiger partial charge on any atom is 0.573 e. The Balaban J connectivity index is 1.67. The van der Waals surface area contributed by atoms with E-state index in [1.165, 1.54) is 17.0 Å². The number of phenolic OH excluding ortho intramolecular Hbond substituents is 1. The number of hydrogen-bond acceptors (Lipinski definition) is 5. The number of piperazine rings is 1. The van der Waals surface area contributed by atoms with Crippen LogP contribution in [0.4, 0.5) is 13.2 Å². The van der Waals surface area contributed by atoms with E-state index < -0.39 is 28.0 Å². The number of carbonyl (C=O) groups excluding carboxylic acids is 1. The zero-order valence-electron chi connectivity index (χ0n) is 15.0. The van der Waals surface area contributed by atoms with Gasteiger partial charge in [-0.25, -0.2) is 8.42 Å². The summed E-state index contributed by atoms with van der Waals surface area (Å²) in [5.41, 5.74) is 0.129. The van der Waals surface area contributed by atoms with Crippen LogP contribution in [0, 0.1) is 0 Å². The zero-order chi connectivity index (χ0) is 21.2. The lowest BCUT2D eigenvalue weighted by molar-refractivity contribution is -0.274. The SMILES string of the molecule is O=C(c1ccccc1O)N1CCN(S(=O)(=O)c2ccc(OC(F)(F)F)cc2)CC1. The average Bonchev–Trinajstić information content (AvgIpc) is 2.67. The average molecular weight is 430 g/mol. The number of aromatic hydroxyl groups is 1. The molecule has 156 valence electrons. The molecule has 0 bridgehead atoms. The van der Waals surface area contributed by atoms with Crippen molar-refractivity contribution in [2.24, 2.45) is 0 Å². The third kappa shape index (κ3) is 4.80. The van der Waals surface area contributed by atoms with Gasteiger partial charge in [0.05, 0.1) is 10.5 Å². The first-order valence-electron chi connectivity index (χ1n) is 8.51. The van der Waals surface area contributed by atoms with Crippen LogP contribution in [0.15, 0.2) is 53.4 Å². The number of para-hydroxylation sites is 1. The summed E-state index contributed by atoms with van der Waals surface area (Å²) < 4.78 is 67.0. The molecule has 0 spiro atoms. The van der Waals surface area contributed by atoms with Crippen LogP contribution in [0.5, 0.6) is 11.5 Å². The molecule has 0 unspecified atom stereocenters. The summed E-state index contributed by atoms with van der Waals surface area (Å²) >= 11 is 0. The molecule has 1 N–H and O–H groups in total. The second kappa shape index (κ2) is 7.91. The van der Waals surface area contributed by atoms with Crippen LogP contribution < -0.4 is 4.74 Å². The fourth-order valence-electron chi connectivity index (χ4n) is 2.92. The van der Waals surface area contributed by atoms with E-state index in [9.17, 15) is 31.5 Å². The van der Waals surface area contributed by atoms with Crippen molar-refractivity contribution in [1.82, 2.24) is 9.21 Å². The highest BCUT2D eigenvalue weighted by Crippen LogP contribution is 2.26. The molecule has 7 nitrogen and oxygen atoms in total. The minimum Gasteiger partial charge on any atom is -0.507 e. The molecule has 11 heteroatoms. The molecule has 29 heavy (non-hydrogen) atoms. The fourth-order valence-corrected chi connectivity index (χ4v) is 4.34. The predicted molar refractivity (Wildman–Crippen MR) is 95.9 cm³/mol. The number of amides is 1. The number of halogens is 3. The van der Waals surface area contributed by atoms with Gasteiger partial charge in [0, 0.05) is 26.2 Å². The highest BCUT2D eigenvalue weighted by molar-refractivity contribution is 7.89. The Hall–Kier alpha value is -2.79. The van der Waals surface area contributed by atoms with Crippen molar-refractivity contribution in [1.29, 1.82) is 0 Å². The van der Waals surface area contributed by atoms with Gasteiger partial charge in [-0.15, -0.1) is 13.2 Å². The van der Waals surface area contributed by atoms with Gasteiger partial charge in [0.25, 0.3) is 5.91 Å². The van der Waals surface area contributed by atoms with Crippen molar-refractivity contribution < 1.29 is 36.2 Å². The Morgan fingerprint density at radius 2 is 1.55 bits per heavy atom. The topological polar surface area (TPSA) is 87.2 Å². The molecule has 1 saturated heterocycles. The smallest absolute Gasteiger partial charge is 0.507 e. The van der Waals surface area contributed by atoms with E-state index in [0.717, 1.165) is 28.6 Å². The summed E-state index contributed by atoms with van der Waals surface area (Å²) in [6.07, 6.45) is -4.86. The lowest BCUT2D eigenvalue weighted by atomic mass is 10.1. The summed E-state index contributed by atoms with van der Waals surface area (Å²) in [7, 11) is -3.94. The second-order valence-electron chi connectivity index (χ2n) is 6.23. The molecule has 1 amide bonds. The summed E-state index contributed by atoms with van der Waals surface area (Å²) in [6.45, 7) is 0.258. The number of benzene rings is 2. The van der Waals surface area contributed by atoms with Gasteiger partial charge in [-0.05, 0) is 36.4 Å². The van der Waals surface area contributed by atoms with Crippen LogP contribution in [0.25, 0.3) is 0 Å². The Kier molecular flexibility index (Phi) is 5.71. The van der Waals surface area contributed by atoms with Crippen molar-refractivity contribution in [3.05, 3.63) is 54.1 Å². The summed E-state index contributed by atoms with van der Waals surface area (Å²) in [6, 6.07) is 10.00. The van der Waals surface area contributed by atoms with Crippen LogP contribution in [-0.4, -0.2) is 61.2 Å². The minimum atomic E-state index is -4.86. The third-order valence-electron chi connectivity index (χ3n) is 4.36. The number of carbonyl (C=O) groups is 1. The Labute approximate surface area is 165 Å². The van der Waals surface area contributed by atoms with Crippen LogP contribution in [0.1, 0.15) is 10.4 Å². The number of alkyl halides is 3. The molecule has 1 aliphatic heterocycles. The number of rotatable bonds is 4. The third-order valence-corrected chi connectivity index (χ3v) is 6.27. The van der Waals surface area contributed by atoms with E-state index in [4.69, 9.17) is 0 Å². The first-order valence-corrected chi connectivity index (χ1v) is 9.95. The first kappa shape index (κ1) is 20.9. The van der Waals surface area contributed by atoms with E-state index in [2.05, 4.69) is 4.74 Å². The molecule has 2 aromatic rings. The van der Waals surface area contributed by atoms with Gasteiger partial charge in [0.1, 0.15) is 11.5 Å². The summed E-state index contributed by atoms with van der Waals surface area (Å²) in [4.78, 5) is 13.7. The van der Waals surface area contributed by atoms with Gasteiger partial charge in [-0.2, -0.15) is 4.31 Å². The number of hydrogen-bond donors (Lipinski definition) is 1. The van der Waals surface area contributed by atoms with Crippen molar-refractivity contribution in [3.8, 4) is 11.5 Å². The van der Waals surface area contributed by atoms with Crippen molar-refractivity contribution in [2.45, 2.75) is 11.3 Å². The first-order chi connectivity index (χ1) is 13.6. The van der Waals surface area contributed by atoms with Crippen LogP contribution in [0.2, 0.25) is 0 Å². The Morgan fingerprint density at radius 1 is 0.966 bits per heavy atom. The standard InChI is InChI=1S/C18H17F3N2O5S/c19-18(20,21)28-13-5-7-14(8-6-13)29(26,27)23-11-9-22(10-12-23)17(25)15-3-1-2-4-16(15)24/h1-8,24H,9-12H2. The summed E-state index contributed by atoms with van der Waals surface area (Å²) in [5.74, 6) is -1.09. The molecule has 2 aromatic carbocycles. The monoisotopic (exact) mass is 430 g/mol. The lowest BCUT2D eigenvalue weighted by Crippen LogP contribution is -2.50. The molecular weight excluding hydrogens is 413 g/mol. The fraction of sp³-hybridized carbons (Fsp3) is 0.278.